The lowest BCUT2D eigenvalue weighted by molar-refractivity contribution is -0.416. The third-order valence-electron chi connectivity index (χ3n) is 10.3. The molecule has 0 unspecified atom stereocenters. The first-order valence-corrected chi connectivity index (χ1v) is 17.6. The highest BCUT2D eigenvalue weighted by atomic mass is 16.8. The average Bonchev–Trinajstić information content (AvgIpc) is 3.19. The largest absolute Gasteiger partial charge is 0.394 e. The minimum Gasteiger partial charge on any atom is -0.394 e. The molecule has 5 rings (SSSR count). The summed E-state index contributed by atoms with van der Waals surface area (Å²) < 4.78 is 50.5. The molecule has 5 fully saturated rings. The summed E-state index contributed by atoms with van der Waals surface area (Å²) in [5.41, 5.74) is 0. The molecule has 25 atom stereocenters. The van der Waals surface area contributed by atoms with E-state index < -0.39 is 187 Å². The fourth-order valence-corrected chi connectivity index (χ4v) is 6.96. The van der Waals surface area contributed by atoms with Gasteiger partial charge in [-0.25, -0.2) is 0 Å². The van der Waals surface area contributed by atoms with Crippen molar-refractivity contribution in [2.24, 2.45) is 0 Å². The molecule has 5 aliphatic rings. The summed E-state index contributed by atoms with van der Waals surface area (Å²) in [4.78, 5) is 0. The lowest BCUT2D eigenvalue weighted by Crippen LogP contribution is -2.69. The van der Waals surface area contributed by atoms with E-state index in [2.05, 4.69) is 0 Å². The van der Waals surface area contributed by atoms with Crippen molar-refractivity contribution in [3.8, 4) is 0 Å². The second-order valence-corrected chi connectivity index (χ2v) is 13.9. The van der Waals surface area contributed by atoms with Crippen LogP contribution in [0, 0.1) is 0 Å². The van der Waals surface area contributed by atoms with Crippen molar-refractivity contribution >= 4 is 0 Å². The third-order valence-corrected chi connectivity index (χ3v) is 10.3. The van der Waals surface area contributed by atoms with Gasteiger partial charge in [-0.3, -0.25) is 0 Å². The first-order chi connectivity index (χ1) is 26.5. The molecule has 0 saturated carbocycles. The van der Waals surface area contributed by atoms with Gasteiger partial charge >= 0.3 is 0 Å². The molecular weight excluding hydrogens is 776 g/mol. The van der Waals surface area contributed by atoms with E-state index in [1.54, 1.807) is 0 Å². The first kappa shape index (κ1) is 46.0. The van der Waals surface area contributed by atoms with Crippen molar-refractivity contribution in [3.63, 3.8) is 0 Å². The van der Waals surface area contributed by atoms with Crippen LogP contribution in [0.15, 0.2) is 0 Å². The fraction of sp³-hybridized carbons (Fsp3) is 1.00. The molecule has 0 aromatic heterocycles. The molecule has 0 aromatic carbocycles. The van der Waals surface area contributed by atoms with E-state index in [9.17, 15) is 86.8 Å². The van der Waals surface area contributed by atoms with Gasteiger partial charge in [0.25, 0.3) is 0 Å². The van der Waals surface area contributed by atoms with E-state index in [1.165, 1.54) is 0 Å². The van der Waals surface area contributed by atoms with Gasteiger partial charge in [-0.05, 0) is 0 Å². The minimum absolute atomic E-state index is 0.843. The van der Waals surface area contributed by atoms with Crippen molar-refractivity contribution in [2.45, 2.75) is 154 Å². The van der Waals surface area contributed by atoms with Gasteiger partial charge in [-0.1, -0.05) is 0 Å². The van der Waals surface area contributed by atoms with Gasteiger partial charge in [0.15, 0.2) is 31.5 Å². The number of hydrogen-bond acceptors (Lipinski definition) is 26. The maximum atomic E-state index is 11.4. The van der Waals surface area contributed by atoms with Crippen LogP contribution < -0.4 is 0 Å². The molecule has 56 heavy (non-hydrogen) atoms. The molecule has 0 spiro atoms. The molecule has 5 aliphatic heterocycles. The van der Waals surface area contributed by atoms with E-state index in [1.807, 2.05) is 0 Å². The van der Waals surface area contributed by atoms with Crippen LogP contribution in [0.3, 0.4) is 0 Å². The van der Waals surface area contributed by atoms with Gasteiger partial charge in [0, 0.05) is 0 Å². The fourth-order valence-electron chi connectivity index (χ4n) is 6.96. The molecule has 5 saturated heterocycles. The molecule has 0 aromatic rings. The van der Waals surface area contributed by atoms with Crippen LogP contribution in [0.2, 0.25) is 0 Å². The summed E-state index contributed by atoms with van der Waals surface area (Å²) in [7, 11) is 0. The van der Waals surface area contributed by atoms with Gasteiger partial charge in [-0.2, -0.15) is 0 Å². The van der Waals surface area contributed by atoms with Crippen molar-refractivity contribution in [1.29, 1.82) is 0 Å². The average molecular weight is 829 g/mol. The Morgan fingerprint density at radius 1 is 0.268 bits per heavy atom. The van der Waals surface area contributed by atoms with Gasteiger partial charge in [0.2, 0.25) is 0 Å². The van der Waals surface area contributed by atoms with Crippen LogP contribution >= 0.6 is 0 Å². The Bertz CT molecular complexity index is 1200. The highest BCUT2D eigenvalue weighted by Crippen LogP contribution is 2.37. The lowest BCUT2D eigenvalue weighted by Gasteiger charge is -2.51. The second kappa shape index (κ2) is 19.6. The maximum absolute atomic E-state index is 11.4. The maximum Gasteiger partial charge on any atom is 0.187 e. The smallest absolute Gasteiger partial charge is 0.187 e. The number of rotatable bonds is 13. The zero-order valence-electron chi connectivity index (χ0n) is 29.2. The third kappa shape index (κ3) is 9.16. The van der Waals surface area contributed by atoms with Crippen LogP contribution in [0.25, 0.3) is 0 Å². The Morgan fingerprint density at radius 2 is 0.571 bits per heavy atom. The predicted octanol–water partition coefficient (Wildman–Crippen LogP) is -11.9. The standard InChI is InChI=1S/C30H52O26/c31-1-6-13(38)18(43)23(26(47)48-6)54-29-24(19(44)14(39)9(4-34)51-29)55-30-25(56-28-21(46)17(42)12(37)8(3-33)50-28)22(15(40)10(5-35)52-30)53-27-20(45)16(41)11(36)7(2-32)49-27/h6-47H,1-5H2/t6-,7-,8-,9-,10-,11+,12+,13-,14-,15-,16+,17+,18+,19+,20-,21-,22+,23+,24+,25+,26-,27-,28-,29-,30-/m1/s1. The van der Waals surface area contributed by atoms with Crippen molar-refractivity contribution in [3.05, 3.63) is 0 Å². The van der Waals surface area contributed by atoms with Crippen LogP contribution in [-0.4, -0.2) is 273 Å². The molecule has 26 nitrogen and oxygen atoms in total. The summed E-state index contributed by atoms with van der Waals surface area (Å²) >= 11 is 0. The topological polar surface area (TPSA) is 427 Å². The summed E-state index contributed by atoms with van der Waals surface area (Å²) in [5.74, 6) is 0. The van der Waals surface area contributed by atoms with Crippen LogP contribution in [-0.2, 0) is 42.6 Å². The van der Waals surface area contributed by atoms with E-state index in [4.69, 9.17) is 42.6 Å². The lowest BCUT2D eigenvalue weighted by atomic mass is 9.95. The van der Waals surface area contributed by atoms with E-state index >= 15 is 0 Å². The van der Waals surface area contributed by atoms with Gasteiger partial charge in [0.05, 0.1) is 33.0 Å². The Hall–Kier alpha value is -1.04. The van der Waals surface area contributed by atoms with Gasteiger partial charge in [-0.15, -0.1) is 0 Å². The number of ether oxygens (including phenoxy) is 9. The van der Waals surface area contributed by atoms with Crippen LogP contribution in [0.5, 0.6) is 0 Å². The summed E-state index contributed by atoms with van der Waals surface area (Å²) in [6.45, 7) is -4.69. The quantitative estimate of drug-likeness (QED) is 0.0819. The Labute approximate surface area is 316 Å². The highest BCUT2D eigenvalue weighted by molar-refractivity contribution is 4.99. The molecule has 17 N–H and O–H groups in total. The molecule has 0 amide bonds. The molecule has 26 heteroatoms. The monoisotopic (exact) mass is 828 g/mol. The normalized spacial score (nSPS) is 53.2. The number of hydrogen-bond donors (Lipinski definition) is 17. The van der Waals surface area contributed by atoms with Gasteiger partial charge in [0.1, 0.15) is 122 Å². The molecule has 5 heterocycles. The van der Waals surface area contributed by atoms with E-state index in [-0.39, 0.29) is 0 Å². The first-order valence-electron chi connectivity index (χ1n) is 17.6. The van der Waals surface area contributed by atoms with Gasteiger partial charge < -0.3 is 129 Å². The molecule has 0 radical (unpaired) electrons. The zero-order valence-corrected chi connectivity index (χ0v) is 29.2. The zero-order chi connectivity index (χ0) is 41.3. The number of aliphatic hydroxyl groups is 17. The Morgan fingerprint density at radius 3 is 1.02 bits per heavy atom. The molecule has 0 aliphatic carbocycles. The van der Waals surface area contributed by atoms with Crippen molar-refractivity contribution in [2.75, 3.05) is 33.0 Å². The summed E-state index contributed by atoms with van der Waals surface area (Å²) in [5, 5.41) is 177. The second-order valence-electron chi connectivity index (χ2n) is 13.9. The van der Waals surface area contributed by atoms with Crippen LogP contribution in [0.1, 0.15) is 0 Å². The minimum atomic E-state index is -2.16. The molecular formula is C30H52O26. The molecule has 328 valence electrons. The highest BCUT2D eigenvalue weighted by Gasteiger charge is 2.58. The van der Waals surface area contributed by atoms with Crippen LogP contribution in [0.4, 0.5) is 0 Å². The van der Waals surface area contributed by atoms with Crippen molar-refractivity contribution < 1.29 is 129 Å². The predicted molar refractivity (Wildman–Crippen MR) is 167 cm³/mol. The van der Waals surface area contributed by atoms with E-state index in [0.29, 0.717) is 0 Å². The Kier molecular flexibility index (Phi) is 16.1. The SMILES string of the molecule is OC[C@H]1O[C@H](O[C@@H]2[C@@H](O[C@@H]3[C@@H](O[C@H]4[C@@H](O)[C@H](O)[C@@H](CO)O[C@H]4O)O[C@H](CO)[C@@H](O)[C@@H]3O)O[C@H](CO)[C@@H](O)[C@@H]2O[C@H]2O[C@H](CO)[C@H](O)[C@H](O)[C@H]2O)[C@H](O)[C@@H](O)[C@H]1O. The Balaban J connectivity index is 1.51. The van der Waals surface area contributed by atoms with E-state index in [0.717, 1.165) is 0 Å². The summed E-state index contributed by atoms with van der Waals surface area (Å²) in [6, 6.07) is 0. The molecule has 0 bridgehead atoms. The number of aliphatic hydroxyl groups excluding tert-OH is 17. The van der Waals surface area contributed by atoms with Crippen molar-refractivity contribution in [1.82, 2.24) is 0 Å². The summed E-state index contributed by atoms with van der Waals surface area (Å²) in [6.07, 6.45) is -48.6.